The van der Waals surface area contributed by atoms with E-state index in [9.17, 15) is 0 Å². The van der Waals surface area contributed by atoms with Crippen LogP contribution in [0.2, 0.25) is 0 Å². The molecule has 17 heavy (non-hydrogen) atoms. The first-order valence-electron chi connectivity index (χ1n) is 5.46. The first-order valence-corrected chi connectivity index (χ1v) is 6.44. The van der Waals surface area contributed by atoms with Crippen LogP contribution in [0.5, 0.6) is 5.75 Å². The fourth-order valence-corrected chi connectivity index (χ4v) is 2.22. The fraction of sp³-hybridized carbons (Fsp3) is 0.333. The van der Waals surface area contributed by atoms with E-state index in [1.165, 1.54) is 0 Å². The molecule has 0 atom stereocenters. The molecule has 0 spiro atoms. The number of thioether (sulfide) groups is 1. The quantitative estimate of drug-likeness (QED) is 0.651. The van der Waals surface area contributed by atoms with E-state index in [-0.39, 0.29) is 0 Å². The largest absolute Gasteiger partial charge is 0.494 e. The van der Waals surface area contributed by atoms with Gasteiger partial charge in [-0.3, -0.25) is 0 Å². The molecule has 1 aromatic heterocycles. The summed E-state index contributed by atoms with van der Waals surface area (Å²) in [7, 11) is 0. The number of rotatable bonds is 5. The highest BCUT2D eigenvalue weighted by molar-refractivity contribution is 7.99. The molecule has 0 saturated carbocycles. The first-order chi connectivity index (χ1) is 8.33. The molecule has 0 amide bonds. The number of fused-ring (bicyclic) bond motifs is 1. The third-order valence-corrected chi connectivity index (χ3v) is 3.07. The summed E-state index contributed by atoms with van der Waals surface area (Å²) >= 11 is 1.56. The molecule has 2 aromatic rings. The molecule has 88 valence electrons. The minimum absolute atomic E-state index is 0.534. The second-order valence-electron chi connectivity index (χ2n) is 3.41. The van der Waals surface area contributed by atoms with Crippen LogP contribution in [0.3, 0.4) is 0 Å². The van der Waals surface area contributed by atoms with Gasteiger partial charge in [-0.1, -0.05) is 11.8 Å². The molecule has 0 bridgehead atoms. The number of nitrogens with zero attached hydrogens (tertiary/aromatic N) is 2. The number of H-pyrrole nitrogens is 1. The van der Waals surface area contributed by atoms with Crippen LogP contribution in [-0.4, -0.2) is 22.3 Å². The van der Waals surface area contributed by atoms with Crippen LogP contribution in [0.25, 0.3) is 11.0 Å². The summed E-state index contributed by atoms with van der Waals surface area (Å²) in [6, 6.07) is 7.91. The average Bonchev–Trinajstić information content (AvgIpc) is 2.72. The van der Waals surface area contributed by atoms with Crippen molar-refractivity contribution >= 4 is 22.8 Å². The number of imidazole rings is 1. The predicted molar refractivity (Wildman–Crippen MR) is 68.2 cm³/mol. The molecule has 0 aliphatic rings. The van der Waals surface area contributed by atoms with Crippen molar-refractivity contribution in [3.63, 3.8) is 0 Å². The molecular formula is C12H13N3OS. The first kappa shape index (κ1) is 11.8. The monoisotopic (exact) mass is 247 g/mol. The molecule has 0 aliphatic carbocycles. The standard InChI is InChI=1S/C12H13N3OS/c1-2-16-9-4-5-10-11(8-9)15-12(14-10)17-7-3-6-13/h4-5,8H,2-3,7H2,1H3,(H,14,15). The number of aromatic amines is 1. The zero-order valence-electron chi connectivity index (χ0n) is 9.56. The van der Waals surface area contributed by atoms with Crippen LogP contribution in [0.4, 0.5) is 0 Å². The van der Waals surface area contributed by atoms with E-state index in [1.54, 1.807) is 11.8 Å². The maximum Gasteiger partial charge on any atom is 0.166 e. The average molecular weight is 247 g/mol. The van der Waals surface area contributed by atoms with E-state index < -0.39 is 0 Å². The van der Waals surface area contributed by atoms with Gasteiger partial charge < -0.3 is 9.72 Å². The highest BCUT2D eigenvalue weighted by Gasteiger charge is 2.04. The van der Waals surface area contributed by atoms with Crippen LogP contribution in [0, 0.1) is 11.3 Å². The second kappa shape index (κ2) is 5.60. The second-order valence-corrected chi connectivity index (χ2v) is 4.49. The Balaban J connectivity index is 2.16. The predicted octanol–water partition coefficient (Wildman–Crippen LogP) is 2.97. The van der Waals surface area contributed by atoms with E-state index >= 15 is 0 Å². The molecule has 2 rings (SSSR count). The summed E-state index contributed by atoms with van der Waals surface area (Å²) in [5.41, 5.74) is 1.89. The number of ether oxygens (including phenoxy) is 1. The Bertz CT molecular complexity index is 544. The van der Waals surface area contributed by atoms with Gasteiger partial charge in [0.05, 0.1) is 23.7 Å². The Morgan fingerprint density at radius 1 is 1.53 bits per heavy atom. The van der Waals surface area contributed by atoms with Gasteiger partial charge >= 0.3 is 0 Å². The fourth-order valence-electron chi connectivity index (χ4n) is 1.48. The molecule has 0 radical (unpaired) electrons. The van der Waals surface area contributed by atoms with E-state index in [2.05, 4.69) is 16.0 Å². The van der Waals surface area contributed by atoms with Gasteiger partial charge in [-0.25, -0.2) is 4.98 Å². The van der Waals surface area contributed by atoms with Gasteiger partial charge in [0.2, 0.25) is 0 Å². The highest BCUT2D eigenvalue weighted by Crippen LogP contribution is 2.23. The lowest BCUT2D eigenvalue weighted by molar-refractivity contribution is 0.340. The zero-order chi connectivity index (χ0) is 12.1. The van der Waals surface area contributed by atoms with Gasteiger partial charge in [0.25, 0.3) is 0 Å². The van der Waals surface area contributed by atoms with E-state index in [0.717, 1.165) is 27.7 Å². The van der Waals surface area contributed by atoms with Crippen LogP contribution in [0.15, 0.2) is 23.4 Å². The summed E-state index contributed by atoms with van der Waals surface area (Å²) in [4.78, 5) is 7.64. The summed E-state index contributed by atoms with van der Waals surface area (Å²) in [6.07, 6.45) is 0.534. The van der Waals surface area contributed by atoms with Crippen molar-refractivity contribution in [1.29, 1.82) is 5.26 Å². The zero-order valence-corrected chi connectivity index (χ0v) is 10.4. The molecule has 0 unspecified atom stereocenters. The topological polar surface area (TPSA) is 61.7 Å². The Labute approximate surface area is 104 Å². The molecule has 0 saturated heterocycles. The maximum absolute atomic E-state index is 8.47. The molecule has 1 N–H and O–H groups in total. The van der Waals surface area contributed by atoms with E-state index in [0.29, 0.717) is 13.0 Å². The molecule has 4 nitrogen and oxygen atoms in total. The Hall–Kier alpha value is -1.67. The number of aromatic nitrogens is 2. The van der Waals surface area contributed by atoms with Crippen LogP contribution in [-0.2, 0) is 0 Å². The smallest absolute Gasteiger partial charge is 0.166 e. The molecule has 0 aliphatic heterocycles. The Morgan fingerprint density at radius 2 is 2.41 bits per heavy atom. The lowest BCUT2D eigenvalue weighted by atomic mass is 10.3. The van der Waals surface area contributed by atoms with Gasteiger partial charge in [-0.05, 0) is 19.1 Å². The van der Waals surface area contributed by atoms with Crippen molar-refractivity contribution in [1.82, 2.24) is 9.97 Å². The lowest BCUT2D eigenvalue weighted by Gasteiger charge is -2.00. The van der Waals surface area contributed by atoms with Gasteiger partial charge in [0.1, 0.15) is 5.75 Å². The summed E-state index contributed by atoms with van der Waals surface area (Å²) in [5.74, 6) is 1.60. The maximum atomic E-state index is 8.47. The third kappa shape index (κ3) is 2.92. The van der Waals surface area contributed by atoms with E-state index in [4.69, 9.17) is 10.00 Å². The lowest BCUT2D eigenvalue weighted by Crippen LogP contribution is -1.90. The van der Waals surface area contributed by atoms with E-state index in [1.807, 2.05) is 25.1 Å². The van der Waals surface area contributed by atoms with Crippen molar-refractivity contribution in [2.24, 2.45) is 0 Å². The van der Waals surface area contributed by atoms with Crippen LogP contribution in [0.1, 0.15) is 13.3 Å². The minimum atomic E-state index is 0.534. The number of nitriles is 1. The number of benzene rings is 1. The number of hydrogen-bond acceptors (Lipinski definition) is 4. The molecule has 0 fully saturated rings. The third-order valence-electron chi connectivity index (χ3n) is 2.20. The molecule has 1 aromatic carbocycles. The SMILES string of the molecule is CCOc1ccc2nc(SCCC#N)[nH]c2c1. The summed E-state index contributed by atoms with van der Waals surface area (Å²) in [6.45, 7) is 2.61. The van der Waals surface area contributed by atoms with Crippen molar-refractivity contribution < 1.29 is 4.74 Å². The normalized spacial score (nSPS) is 10.4. The van der Waals surface area contributed by atoms with Gasteiger partial charge in [0, 0.05) is 18.2 Å². The van der Waals surface area contributed by atoms with Crippen molar-refractivity contribution in [3.8, 4) is 11.8 Å². The van der Waals surface area contributed by atoms with Crippen LogP contribution >= 0.6 is 11.8 Å². The Kier molecular flexibility index (Phi) is 3.89. The molecule has 5 heteroatoms. The summed E-state index contributed by atoms with van der Waals surface area (Å²) in [5, 5.41) is 9.32. The van der Waals surface area contributed by atoms with Crippen molar-refractivity contribution in [2.45, 2.75) is 18.5 Å². The van der Waals surface area contributed by atoms with Gasteiger partial charge in [0.15, 0.2) is 5.16 Å². The Morgan fingerprint density at radius 3 is 3.18 bits per heavy atom. The molecule has 1 heterocycles. The van der Waals surface area contributed by atoms with Crippen molar-refractivity contribution in [2.75, 3.05) is 12.4 Å². The van der Waals surface area contributed by atoms with Gasteiger partial charge in [-0.2, -0.15) is 5.26 Å². The summed E-state index contributed by atoms with van der Waals surface area (Å²) < 4.78 is 5.42. The van der Waals surface area contributed by atoms with Crippen molar-refractivity contribution in [3.05, 3.63) is 18.2 Å². The number of hydrogen-bond donors (Lipinski definition) is 1. The highest BCUT2D eigenvalue weighted by atomic mass is 32.2. The molecular weight excluding hydrogens is 234 g/mol. The minimum Gasteiger partial charge on any atom is -0.494 e. The van der Waals surface area contributed by atoms with Crippen LogP contribution < -0.4 is 4.74 Å². The van der Waals surface area contributed by atoms with Gasteiger partial charge in [-0.15, -0.1) is 0 Å². The number of nitrogens with one attached hydrogen (secondary N) is 1.